The molecular formula is C13H9ClN4O2. The molecule has 0 aliphatic rings. The highest BCUT2D eigenvalue weighted by molar-refractivity contribution is 6.32. The Morgan fingerprint density at radius 1 is 1.10 bits per heavy atom. The van der Waals surface area contributed by atoms with Gasteiger partial charge in [-0.3, -0.25) is 0 Å². The highest BCUT2D eigenvalue weighted by Gasteiger charge is 2.13. The van der Waals surface area contributed by atoms with Gasteiger partial charge in [0, 0.05) is 0 Å². The average Bonchev–Trinajstić information content (AvgIpc) is 2.97. The molecule has 0 unspecified atom stereocenters. The summed E-state index contributed by atoms with van der Waals surface area (Å²) in [5.41, 5.74) is 0.513. The van der Waals surface area contributed by atoms with Crippen molar-refractivity contribution in [1.82, 2.24) is 20.6 Å². The van der Waals surface area contributed by atoms with Crippen molar-refractivity contribution < 1.29 is 9.84 Å². The largest absolute Gasteiger partial charge is 0.508 e. The Morgan fingerprint density at radius 3 is 2.70 bits per heavy atom. The molecule has 0 bridgehead atoms. The molecule has 0 spiro atoms. The fourth-order valence-electron chi connectivity index (χ4n) is 1.70. The molecule has 1 aromatic heterocycles. The molecule has 3 aromatic rings. The quantitative estimate of drug-likeness (QED) is 0.774. The number of aromatic hydroxyl groups is 1. The van der Waals surface area contributed by atoms with Gasteiger partial charge in [0.15, 0.2) is 0 Å². The van der Waals surface area contributed by atoms with Crippen LogP contribution in [0, 0.1) is 0 Å². The summed E-state index contributed by atoms with van der Waals surface area (Å²) in [6, 6.07) is 11.7. The van der Waals surface area contributed by atoms with Crippen molar-refractivity contribution in [2.24, 2.45) is 0 Å². The third kappa shape index (κ3) is 2.41. The van der Waals surface area contributed by atoms with E-state index in [9.17, 15) is 5.11 Å². The maximum absolute atomic E-state index is 9.59. The third-order valence-electron chi connectivity index (χ3n) is 2.61. The van der Waals surface area contributed by atoms with Crippen LogP contribution in [0.15, 0.2) is 42.5 Å². The zero-order valence-electron chi connectivity index (χ0n) is 10.1. The molecule has 0 aliphatic heterocycles. The molecule has 2 aromatic carbocycles. The van der Waals surface area contributed by atoms with Crippen molar-refractivity contribution in [1.29, 1.82) is 0 Å². The smallest absolute Gasteiger partial charge is 0.208 e. The second-order valence-corrected chi connectivity index (χ2v) is 4.36. The number of hydrogen-bond acceptors (Lipinski definition) is 5. The van der Waals surface area contributed by atoms with E-state index in [0.29, 0.717) is 27.9 Å². The summed E-state index contributed by atoms with van der Waals surface area (Å²) in [6.07, 6.45) is 0. The normalized spacial score (nSPS) is 10.4. The predicted octanol–water partition coefficient (Wildman–Crippen LogP) is 3.02. The summed E-state index contributed by atoms with van der Waals surface area (Å²) in [7, 11) is 0. The van der Waals surface area contributed by atoms with Gasteiger partial charge < -0.3 is 9.84 Å². The van der Waals surface area contributed by atoms with E-state index in [1.165, 1.54) is 12.1 Å². The number of nitrogens with zero attached hydrogens (tertiary/aromatic N) is 3. The van der Waals surface area contributed by atoms with Crippen molar-refractivity contribution in [2.75, 3.05) is 0 Å². The molecule has 0 aliphatic carbocycles. The van der Waals surface area contributed by atoms with Gasteiger partial charge in [0.05, 0.1) is 10.6 Å². The lowest BCUT2D eigenvalue weighted by atomic mass is 10.2. The fourth-order valence-corrected chi connectivity index (χ4v) is 1.88. The molecular weight excluding hydrogens is 280 g/mol. The predicted molar refractivity (Wildman–Crippen MR) is 72.8 cm³/mol. The van der Waals surface area contributed by atoms with Crippen LogP contribution in [0.25, 0.3) is 11.4 Å². The van der Waals surface area contributed by atoms with Crippen LogP contribution < -0.4 is 4.74 Å². The third-order valence-corrected chi connectivity index (χ3v) is 2.92. The molecule has 20 heavy (non-hydrogen) atoms. The number of hydrogen-bond donors (Lipinski definition) is 2. The first-order chi connectivity index (χ1) is 9.74. The lowest BCUT2D eigenvalue weighted by molar-refractivity contribution is 0.465. The molecule has 100 valence electrons. The van der Waals surface area contributed by atoms with Crippen LogP contribution in [0.1, 0.15) is 0 Å². The van der Waals surface area contributed by atoms with Gasteiger partial charge in [-0.1, -0.05) is 23.7 Å². The van der Waals surface area contributed by atoms with E-state index in [0.717, 1.165) is 0 Å². The highest BCUT2D eigenvalue weighted by atomic mass is 35.5. The molecule has 0 fully saturated rings. The molecule has 7 heteroatoms. The second-order valence-electron chi connectivity index (χ2n) is 3.95. The van der Waals surface area contributed by atoms with Crippen molar-refractivity contribution >= 4 is 11.6 Å². The zero-order valence-corrected chi connectivity index (χ0v) is 10.9. The van der Waals surface area contributed by atoms with E-state index < -0.39 is 0 Å². The van der Waals surface area contributed by atoms with Gasteiger partial charge in [0.2, 0.25) is 5.82 Å². The van der Waals surface area contributed by atoms with Crippen LogP contribution in [-0.4, -0.2) is 25.7 Å². The van der Waals surface area contributed by atoms with Crippen molar-refractivity contribution in [2.45, 2.75) is 0 Å². The maximum Gasteiger partial charge on any atom is 0.208 e. The summed E-state index contributed by atoms with van der Waals surface area (Å²) in [5, 5.41) is 23.7. The van der Waals surface area contributed by atoms with Crippen LogP contribution >= 0.6 is 11.6 Å². The van der Waals surface area contributed by atoms with E-state index in [4.69, 9.17) is 16.3 Å². The number of H-pyrrole nitrogens is 1. The number of phenols is 1. The lowest BCUT2D eigenvalue weighted by Crippen LogP contribution is -1.90. The molecule has 0 saturated heterocycles. The van der Waals surface area contributed by atoms with E-state index in [1.807, 2.05) is 12.1 Å². The first-order valence-electron chi connectivity index (χ1n) is 5.73. The van der Waals surface area contributed by atoms with E-state index in [1.54, 1.807) is 18.2 Å². The molecule has 2 N–H and O–H groups in total. The summed E-state index contributed by atoms with van der Waals surface area (Å²) in [4.78, 5) is 0. The number of aromatic amines is 1. The van der Waals surface area contributed by atoms with Gasteiger partial charge in [-0.2, -0.15) is 5.21 Å². The Bertz CT molecular complexity index is 731. The Morgan fingerprint density at radius 2 is 1.95 bits per heavy atom. The first-order valence-corrected chi connectivity index (χ1v) is 6.11. The van der Waals surface area contributed by atoms with Crippen LogP contribution in [0.2, 0.25) is 5.02 Å². The summed E-state index contributed by atoms with van der Waals surface area (Å²) < 4.78 is 5.75. The minimum atomic E-state index is 0.0799. The lowest BCUT2D eigenvalue weighted by Gasteiger charge is -2.10. The van der Waals surface area contributed by atoms with E-state index in [2.05, 4.69) is 20.6 Å². The van der Waals surface area contributed by atoms with E-state index >= 15 is 0 Å². The standard InChI is InChI=1S/C13H9ClN4O2/c14-10-3-1-2-4-12(10)20-11-6-5-8(19)7-9(11)13-15-17-18-16-13/h1-7,19H,(H,15,16,17,18). The number of aromatic nitrogens is 4. The van der Waals surface area contributed by atoms with Gasteiger partial charge in [-0.05, 0) is 35.5 Å². The van der Waals surface area contributed by atoms with Gasteiger partial charge in [0.1, 0.15) is 17.2 Å². The first kappa shape index (κ1) is 12.4. The van der Waals surface area contributed by atoms with E-state index in [-0.39, 0.29) is 5.75 Å². The number of ether oxygens (including phenoxy) is 1. The number of para-hydroxylation sites is 1. The second kappa shape index (κ2) is 5.18. The summed E-state index contributed by atoms with van der Waals surface area (Å²) in [5.74, 6) is 1.38. The maximum atomic E-state index is 9.59. The number of rotatable bonds is 3. The molecule has 0 radical (unpaired) electrons. The molecule has 3 rings (SSSR count). The Labute approximate surface area is 119 Å². The number of phenolic OH excluding ortho intramolecular Hbond substituents is 1. The van der Waals surface area contributed by atoms with Crippen LogP contribution in [0.3, 0.4) is 0 Å². The molecule has 0 atom stereocenters. The number of benzene rings is 2. The highest BCUT2D eigenvalue weighted by Crippen LogP contribution is 2.36. The average molecular weight is 289 g/mol. The minimum absolute atomic E-state index is 0.0799. The van der Waals surface area contributed by atoms with Crippen molar-refractivity contribution in [3.8, 4) is 28.6 Å². The summed E-state index contributed by atoms with van der Waals surface area (Å²) >= 11 is 6.06. The van der Waals surface area contributed by atoms with Crippen molar-refractivity contribution in [3.63, 3.8) is 0 Å². The Kier molecular flexibility index (Phi) is 3.22. The minimum Gasteiger partial charge on any atom is -0.508 e. The number of nitrogens with one attached hydrogen (secondary N) is 1. The van der Waals surface area contributed by atoms with Crippen molar-refractivity contribution in [3.05, 3.63) is 47.5 Å². The number of halogens is 1. The topological polar surface area (TPSA) is 83.9 Å². The molecule has 6 nitrogen and oxygen atoms in total. The number of tetrazole rings is 1. The van der Waals surface area contributed by atoms with Crippen LogP contribution in [0.5, 0.6) is 17.2 Å². The van der Waals surface area contributed by atoms with Gasteiger partial charge in [-0.25, -0.2) is 0 Å². The van der Waals surface area contributed by atoms with Gasteiger partial charge >= 0.3 is 0 Å². The zero-order chi connectivity index (χ0) is 13.9. The van der Waals surface area contributed by atoms with Gasteiger partial charge in [0.25, 0.3) is 0 Å². The monoisotopic (exact) mass is 288 g/mol. The molecule has 1 heterocycles. The Hall–Kier alpha value is -2.60. The fraction of sp³-hybridized carbons (Fsp3) is 0. The van der Waals surface area contributed by atoms with Crippen LogP contribution in [-0.2, 0) is 0 Å². The van der Waals surface area contributed by atoms with Gasteiger partial charge in [-0.15, -0.1) is 10.2 Å². The SMILES string of the molecule is Oc1ccc(Oc2ccccc2Cl)c(-c2nn[nH]n2)c1. The Balaban J connectivity index is 2.04. The van der Waals surface area contributed by atoms with Crippen LogP contribution in [0.4, 0.5) is 0 Å². The molecule has 0 amide bonds. The molecule has 0 saturated carbocycles. The summed E-state index contributed by atoms with van der Waals surface area (Å²) in [6.45, 7) is 0.